The van der Waals surface area contributed by atoms with Gasteiger partial charge in [-0.05, 0) is 38.5 Å². The van der Waals surface area contributed by atoms with Crippen LogP contribution in [0.1, 0.15) is 71.1 Å². The van der Waals surface area contributed by atoms with Crippen molar-refractivity contribution in [3.05, 3.63) is 0 Å². The van der Waals surface area contributed by atoms with E-state index in [1.165, 1.54) is 38.5 Å². The van der Waals surface area contributed by atoms with E-state index in [1.807, 2.05) is 6.92 Å². The Morgan fingerprint density at radius 3 is 2.00 bits per heavy atom. The Hall–Kier alpha value is -0.570. The van der Waals surface area contributed by atoms with Crippen LogP contribution < -0.4 is 5.32 Å². The molecule has 1 atom stereocenters. The molecular weight excluding hydrogens is 226 g/mol. The Labute approximate surface area is 110 Å². The Kier molecular flexibility index (Phi) is 4.66. The number of aliphatic carboxylic acids is 1. The molecule has 0 heterocycles. The van der Waals surface area contributed by atoms with Crippen molar-refractivity contribution in [1.29, 1.82) is 0 Å². The standard InChI is InChI=1S/C15H27NO2/c1-15(14(17)18,12-8-4-2-5-9-12)16-13-10-6-3-7-11-13/h12-13,16H,2-11H2,1H3,(H,17,18). The normalized spacial score (nSPS) is 26.7. The van der Waals surface area contributed by atoms with Crippen molar-refractivity contribution in [2.75, 3.05) is 0 Å². The summed E-state index contributed by atoms with van der Waals surface area (Å²) >= 11 is 0. The van der Waals surface area contributed by atoms with E-state index in [0.29, 0.717) is 12.0 Å². The third kappa shape index (κ3) is 3.05. The zero-order chi connectivity index (χ0) is 13.0. The molecular formula is C15H27NO2. The maximum absolute atomic E-state index is 11.7. The van der Waals surface area contributed by atoms with Gasteiger partial charge in [0.25, 0.3) is 0 Å². The smallest absolute Gasteiger partial charge is 0.323 e. The molecule has 2 aliphatic rings. The monoisotopic (exact) mass is 253 g/mol. The van der Waals surface area contributed by atoms with Gasteiger partial charge in [-0.2, -0.15) is 0 Å². The maximum Gasteiger partial charge on any atom is 0.323 e. The largest absolute Gasteiger partial charge is 0.480 e. The molecule has 0 aromatic carbocycles. The summed E-state index contributed by atoms with van der Waals surface area (Å²) in [5.41, 5.74) is -0.706. The maximum atomic E-state index is 11.7. The van der Waals surface area contributed by atoms with E-state index in [-0.39, 0.29) is 0 Å². The number of carboxylic acids is 1. The van der Waals surface area contributed by atoms with Crippen LogP contribution in [0.25, 0.3) is 0 Å². The second kappa shape index (κ2) is 6.05. The first-order valence-electron chi connectivity index (χ1n) is 7.64. The average Bonchev–Trinajstić information content (AvgIpc) is 2.40. The highest BCUT2D eigenvalue weighted by Crippen LogP contribution is 2.34. The van der Waals surface area contributed by atoms with Gasteiger partial charge < -0.3 is 5.11 Å². The van der Waals surface area contributed by atoms with Crippen LogP contribution in [0, 0.1) is 5.92 Å². The summed E-state index contributed by atoms with van der Waals surface area (Å²) < 4.78 is 0. The topological polar surface area (TPSA) is 49.3 Å². The first-order chi connectivity index (χ1) is 8.63. The minimum Gasteiger partial charge on any atom is -0.480 e. The summed E-state index contributed by atoms with van der Waals surface area (Å²) in [6.07, 6.45) is 11.9. The predicted octanol–water partition coefficient (Wildman–Crippen LogP) is 3.33. The van der Waals surface area contributed by atoms with Crippen LogP contribution in [0.2, 0.25) is 0 Å². The number of hydrogen-bond acceptors (Lipinski definition) is 2. The number of nitrogens with one attached hydrogen (secondary N) is 1. The summed E-state index contributed by atoms with van der Waals surface area (Å²) in [5, 5.41) is 13.2. The molecule has 18 heavy (non-hydrogen) atoms. The Balaban J connectivity index is 2.02. The molecule has 0 amide bonds. The quantitative estimate of drug-likeness (QED) is 0.808. The molecule has 0 radical (unpaired) electrons. The molecule has 1 unspecified atom stereocenters. The molecule has 3 nitrogen and oxygen atoms in total. The highest BCUT2D eigenvalue weighted by atomic mass is 16.4. The summed E-state index contributed by atoms with van der Waals surface area (Å²) in [4.78, 5) is 11.7. The van der Waals surface area contributed by atoms with Gasteiger partial charge in [0.15, 0.2) is 0 Å². The number of hydrogen-bond donors (Lipinski definition) is 2. The van der Waals surface area contributed by atoms with E-state index in [9.17, 15) is 9.90 Å². The van der Waals surface area contributed by atoms with Gasteiger partial charge in [-0.15, -0.1) is 0 Å². The molecule has 3 heteroatoms. The lowest BCUT2D eigenvalue weighted by Gasteiger charge is -2.40. The lowest BCUT2D eigenvalue weighted by molar-refractivity contribution is -0.148. The van der Waals surface area contributed by atoms with Gasteiger partial charge in [0.05, 0.1) is 0 Å². The Morgan fingerprint density at radius 2 is 1.50 bits per heavy atom. The summed E-state index contributed by atoms with van der Waals surface area (Å²) in [5.74, 6) is -0.342. The molecule has 0 saturated heterocycles. The van der Waals surface area contributed by atoms with E-state index in [0.717, 1.165) is 25.7 Å². The van der Waals surface area contributed by atoms with E-state index in [2.05, 4.69) is 5.32 Å². The number of carbonyl (C=O) groups is 1. The van der Waals surface area contributed by atoms with Gasteiger partial charge in [-0.25, -0.2) is 0 Å². The zero-order valence-electron chi connectivity index (χ0n) is 11.6. The summed E-state index contributed by atoms with van der Waals surface area (Å²) in [6, 6.07) is 0.418. The highest BCUT2D eigenvalue weighted by Gasteiger charge is 2.42. The van der Waals surface area contributed by atoms with Gasteiger partial charge in [-0.1, -0.05) is 38.5 Å². The van der Waals surface area contributed by atoms with Crippen molar-refractivity contribution >= 4 is 5.97 Å². The molecule has 0 aromatic heterocycles. The van der Waals surface area contributed by atoms with Crippen LogP contribution in [0.5, 0.6) is 0 Å². The molecule has 2 N–H and O–H groups in total. The van der Waals surface area contributed by atoms with Crippen LogP contribution >= 0.6 is 0 Å². The molecule has 2 aliphatic carbocycles. The highest BCUT2D eigenvalue weighted by molar-refractivity contribution is 5.78. The average molecular weight is 253 g/mol. The van der Waals surface area contributed by atoms with Gasteiger partial charge in [0.1, 0.15) is 5.54 Å². The fraction of sp³-hybridized carbons (Fsp3) is 0.933. The van der Waals surface area contributed by atoms with Crippen LogP contribution in [-0.2, 0) is 4.79 Å². The van der Waals surface area contributed by atoms with Crippen molar-refractivity contribution in [1.82, 2.24) is 5.32 Å². The van der Waals surface area contributed by atoms with Gasteiger partial charge in [0.2, 0.25) is 0 Å². The minimum atomic E-state index is -0.706. The number of carboxylic acid groups (broad SMARTS) is 1. The fourth-order valence-corrected chi connectivity index (χ4v) is 3.71. The Bertz CT molecular complexity index is 280. The Morgan fingerprint density at radius 1 is 1.00 bits per heavy atom. The van der Waals surface area contributed by atoms with E-state index in [4.69, 9.17) is 0 Å². The van der Waals surface area contributed by atoms with Crippen LogP contribution in [-0.4, -0.2) is 22.7 Å². The summed E-state index contributed by atoms with van der Waals surface area (Å²) in [6.45, 7) is 1.92. The first kappa shape index (κ1) is 13.9. The molecule has 2 fully saturated rings. The number of rotatable bonds is 4. The van der Waals surface area contributed by atoms with Crippen molar-refractivity contribution in [3.63, 3.8) is 0 Å². The second-order valence-electron chi connectivity index (χ2n) is 6.32. The van der Waals surface area contributed by atoms with Crippen LogP contribution in [0.15, 0.2) is 0 Å². The fourth-order valence-electron chi connectivity index (χ4n) is 3.71. The van der Waals surface area contributed by atoms with Gasteiger partial charge >= 0.3 is 5.97 Å². The molecule has 104 valence electrons. The van der Waals surface area contributed by atoms with E-state index >= 15 is 0 Å². The van der Waals surface area contributed by atoms with Crippen molar-refractivity contribution < 1.29 is 9.90 Å². The first-order valence-corrected chi connectivity index (χ1v) is 7.64. The lowest BCUT2D eigenvalue weighted by Crippen LogP contribution is -2.59. The minimum absolute atomic E-state index is 0.311. The van der Waals surface area contributed by atoms with Crippen molar-refractivity contribution in [3.8, 4) is 0 Å². The predicted molar refractivity (Wildman–Crippen MR) is 72.6 cm³/mol. The van der Waals surface area contributed by atoms with Gasteiger partial charge in [-0.3, -0.25) is 10.1 Å². The van der Waals surface area contributed by atoms with E-state index in [1.54, 1.807) is 0 Å². The SMILES string of the molecule is CC(NC1CCCCC1)(C(=O)O)C1CCCCC1. The lowest BCUT2D eigenvalue weighted by atomic mass is 9.74. The molecule has 2 rings (SSSR count). The van der Waals surface area contributed by atoms with Crippen LogP contribution in [0.3, 0.4) is 0 Å². The van der Waals surface area contributed by atoms with Gasteiger partial charge in [0, 0.05) is 6.04 Å². The second-order valence-corrected chi connectivity index (χ2v) is 6.32. The third-order valence-corrected chi connectivity index (χ3v) is 4.98. The molecule has 2 saturated carbocycles. The zero-order valence-corrected chi connectivity index (χ0v) is 11.6. The summed E-state index contributed by atoms with van der Waals surface area (Å²) in [7, 11) is 0. The molecule has 0 spiro atoms. The molecule has 0 bridgehead atoms. The van der Waals surface area contributed by atoms with E-state index < -0.39 is 11.5 Å². The van der Waals surface area contributed by atoms with Crippen LogP contribution in [0.4, 0.5) is 0 Å². The van der Waals surface area contributed by atoms with Crippen molar-refractivity contribution in [2.45, 2.75) is 82.7 Å². The molecule has 0 aliphatic heterocycles. The molecule has 0 aromatic rings. The third-order valence-electron chi connectivity index (χ3n) is 4.98. The van der Waals surface area contributed by atoms with Crippen molar-refractivity contribution in [2.24, 2.45) is 5.92 Å².